The first-order valence-corrected chi connectivity index (χ1v) is 8.76. The molecule has 1 spiro atoms. The van der Waals surface area contributed by atoms with Crippen LogP contribution in [0, 0.1) is 13.8 Å². The number of fused-ring (bicyclic) bond motifs is 2. The van der Waals surface area contributed by atoms with Crippen LogP contribution in [0.15, 0.2) is 24.5 Å². The number of aromatic amines is 1. The van der Waals surface area contributed by atoms with Crippen LogP contribution >= 0.6 is 0 Å². The Kier molecular flexibility index (Phi) is 3.68. The van der Waals surface area contributed by atoms with E-state index in [0.29, 0.717) is 6.42 Å². The second-order valence-electron chi connectivity index (χ2n) is 7.23. The fourth-order valence-electron chi connectivity index (χ4n) is 4.24. The Morgan fingerprint density at radius 1 is 1.29 bits per heavy atom. The number of anilines is 1. The highest BCUT2D eigenvalue weighted by atomic mass is 16.2. The number of nitrogens with zero attached hydrogens (tertiary/aromatic N) is 1. The van der Waals surface area contributed by atoms with Crippen LogP contribution in [0.1, 0.15) is 48.2 Å². The van der Waals surface area contributed by atoms with E-state index in [-0.39, 0.29) is 17.5 Å². The van der Waals surface area contributed by atoms with Gasteiger partial charge in [0.15, 0.2) is 0 Å². The van der Waals surface area contributed by atoms with E-state index in [9.17, 15) is 4.79 Å². The summed E-state index contributed by atoms with van der Waals surface area (Å²) in [6.45, 7) is 4.09. The van der Waals surface area contributed by atoms with Gasteiger partial charge in [-0.05, 0) is 38.3 Å². The third-order valence-corrected chi connectivity index (χ3v) is 5.44. The molecular weight excluding hydrogens is 300 g/mol. The third-order valence-electron chi connectivity index (χ3n) is 5.44. The van der Waals surface area contributed by atoms with Gasteiger partial charge in [-0.3, -0.25) is 10.1 Å². The molecule has 0 saturated heterocycles. The number of rotatable bonds is 2. The first-order chi connectivity index (χ1) is 11.6. The Labute approximate surface area is 142 Å². The number of nitrogens with one attached hydrogen (secondary N) is 3. The zero-order valence-electron chi connectivity index (χ0n) is 14.3. The van der Waals surface area contributed by atoms with Gasteiger partial charge in [-0.1, -0.05) is 30.5 Å². The van der Waals surface area contributed by atoms with Crippen molar-refractivity contribution in [3.8, 4) is 0 Å². The van der Waals surface area contributed by atoms with Crippen LogP contribution < -0.4 is 10.6 Å². The van der Waals surface area contributed by atoms with Gasteiger partial charge >= 0.3 is 0 Å². The summed E-state index contributed by atoms with van der Waals surface area (Å²) >= 11 is 0. The summed E-state index contributed by atoms with van der Waals surface area (Å²) in [5.74, 6) is 0.0356. The van der Waals surface area contributed by atoms with Crippen molar-refractivity contribution in [2.75, 3.05) is 5.32 Å². The number of H-pyrrole nitrogens is 1. The van der Waals surface area contributed by atoms with Crippen molar-refractivity contribution in [1.82, 2.24) is 15.3 Å². The van der Waals surface area contributed by atoms with Gasteiger partial charge in [-0.25, -0.2) is 4.98 Å². The van der Waals surface area contributed by atoms with E-state index in [4.69, 9.17) is 0 Å². The minimum atomic E-state index is -0.225. The number of imidazole rings is 1. The standard InChI is InChI=1S/C19H24N4O/c1-12-5-6-14(13(2)9-12)22-18(24)16-10-15-17(21-11-20-15)19(23-16)7-3-4-8-19/h5-6,9,11,16,23H,3-4,7-8,10H2,1-2H3,(H,20,21)(H,22,24)/t16-/m0/s1. The number of aryl methyl sites for hydroxylation is 2. The van der Waals surface area contributed by atoms with Crippen molar-refractivity contribution < 1.29 is 4.79 Å². The Morgan fingerprint density at radius 2 is 2.08 bits per heavy atom. The smallest absolute Gasteiger partial charge is 0.241 e. The molecule has 1 amide bonds. The molecule has 4 rings (SSSR count). The monoisotopic (exact) mass is 324 g/mol. The molecule has 5 heteroatoms. The fraction of sp³-hybridized carbons (Fsp3) is 0.474. The highest BCUT2D eigenvalue weighted by molar-refractivity contribution is 5.96. The zero-order valence-corrected chi connectivity index (χ0v) is 14.3. The number of hydrogen-bond donors (Lipinski definition) is 3. The number of benzene rings is 1. The van der Waals surface area contributed by atoms with Gasteiger partial charge in [0.05, 0.1) is 23.6 Å². The second kappa shape index (κ2) is 5.74. The molecule has 2 aliphatic rings. The van der Waals surface area contributed by atoms with E-state index in [0.717, 1.165) is 35.5 Å². The molecule has 3 N–H and O–H groups in total. The molecule has 24 heavy (non-hydrogen) atoms. The summed E-state index contributed by atoms with van der Waals surface area (Å²) in [6.07, 6.45) is 6.90. The summed E-state index contributed by atoms with van der Waals surface area (Å²) < 4.78 is 0. The van der Waals surface area contributed by atoms with Gasteiger partial charge in [0.2, 0.25) is 5.91 Å². The Balaban J connectivity index is 1.57. The number of amides is 1. The molecule has 1 saturated carbocycles. The average Bonchev–Trinajstić information content (AvgIpc) is 3.20. The molecule has 0 radical (unpaired) electrons. The van der Waals surface area contributed by atoms with Crippen LogP contribution in [0.3, 0.4) is 0 Å². The molecular formula is C19H24N4O. The lowest BCUT2D eigenvalue weighted by Gasteiger charge is -2.38. The third kappa shape index (κ3) is 2.53. The SMILES string of the molecule is Cc1ccc(NC(=O)[C@@H]2Cc3[nH]cnc3C3(CCCC3)N2)c(C)c1. The normalized spacial score (nSPS) is 21.7. The summed E-state index contributed by atoms with van der Waals surface area (Å²) in [5, 5.41) is 6.73. The van der Waals surface area contributed by atoms with Gasteiger partial charge in [-0.2, -0.15) is 0 Å². The lowest BCUT2D eigenvalue weighted by Crippen LogP contribution is -2.56. The number of carbonyl (C=O) groups excluding carboxylic acids is 1. The van der Waals surface area contributed by atoms with Crippen LogP contribution in [0.4, 0.5) is 5.69 Å². The van der Waals surface area contributed by atoms with E-state index in [1.807, 2.05) is 19.1 Å². The topological polar surface area (TPSA) is 69.8 Å². The maximum atomic E-state index is 12.9. The molecule has 5 nitrogen and oxygen atoms in total. The maximum absolute atomic E-state index is 12.9. The van der Waals surface area contributed by atoms with Crippen molar-refractivity contribution in [2.45, 2.75) is 57.5 Å². The van der Waals surface area contributed by atoms with Crippen LogP contribution in [-0.2, 0) is 16.8 Å². The van der Waals surface area contributed by atoms with E-state index in [1.165, 1.54) is 18.4 Å². The van der Waals surface area contributed by atoms with E-state index < -0.39 is 0 Å². The first kappa shape index (κ1) is 15.4. The lowest BCUT2D eigenvalue weighted by molar-refractivity contribution is -0.119. The minimum absolute atomic E-state index is 0.0356. The van der Waals surface area contributed by atoms with Gasteiger partial charge in [0, 0.05) is 17.8 Å². The number of hydrogen-bond acceptors (Lipinski definition) is 3. The minimum Gasteiger partial charge on any atom is -0.348 e. The van der Waals surface area contributed by atoms with Crippen molar-refractivity contribution in [3.63, 3.8) is 0 Å². The van der Waals surface area contributed by atoms with E-state index in [1.54, 1.807) is 6.33 Å². The molecule has 2 heterocycles. The predicted octanol–water partition coefficient (Wildman–Crippen LogP) is 2.95. The van der Waals surface area contributed by atoms with Gasteiger partial charge < -0.3 is 10.3 Å². The largest absolute Gasteiger partial charge is 0.348 e. The molecule has 0 unspecified atom stereocenters. The first-order valence-electron chi connectivity index (χ1n) is 8.76. The summed E-state index contributed by atoms with van der Waals surface area (Å²) in [4.78, 5) is 20.7. The number of aromatic nitrogens is 2. The van der Waals surface area contributed by atoms with Crippen molar-refractivity contribution in [1.29, 1.82) is 0 Å². The Bertz CT molecular complexity index is 773. The summed E-state index contributed by atoms with van der Waals surface area (Å²) in [7, 11) is 0. The Morgan fingerprint density at radius 3 is 2.83 bits per heavy atom. The van der Waals surface area contributed by atoms with Crippen molar-refractivity contribution in [3.05, 3.63) is 47.0 Å². The Hall–Kier alpha value is -2.14. The molecule has 1 aromatic heterocycles. The molecule has 126 valence electrons. The van der Waals surface area contributed by atoms with Gasteiger partial charge in [0.25, 0.3) is 0 Å². The van der Waals surface area contributed by atoms with E-state index in [2.05, 4.69) is 33.6 Å². The summed E-state index contributed by atoms with van der Waals surface area (Å²) in [6, 6.07) is 5.88. The second-order valence-corrected chi connectivity index (χ2v) is 7.23. The molecule has 1 aliphatic heterocycles. The van der Waals surface area contributed by atoms with Crippen LogP contribution in [-0.4, -0.2) is 21.9 Å². The highest BCUT2D eigenvalue weighted by Crippen LogP contribution is 2.42. The van der Waals surface area contributed by atoms with Crippen LogP contribution in [0.5, 0.6) is 0 Å². The van der Waals surface area contributed by atoms with Gasteiger partial charge in [0.1, 0.15) is 0 Å². The summed E-state index contributed by atoms with van der Waals surface area (Å²) in [5.41, 5.74) is 5.29. The fourth-order valence-corrected chi connectivity index (χ4v) is 4.24. The zero-order chi connectivity index (χ0) is 16.7. The molecule has 1 atom stereocenters. The quantitative estimate of drug-likeness (QED) is 0.795. The van der Waals surface area contributed by atoms with Crippen molar-refractivity contribution in [2.24, 2.45) is 0 Å². The van der Waals surface area contributed by atoms with Gasteiger partial charge in [-0.15, -0.1) is 0 Å². The van der Waals surface area contributed by atoms with Crippen LogP contribution in [0.2, 0.25) is 0 Å². The average molecular weight is 324 g/mol. The number of carbonyl (C=O) groups is 1. The van der Waals surface area contributed by atoms with Crippen LogP contribution in [0.25, 0.3) is 0 Å². The molecule has 0 bridgehead atoms. The lowest BCUT2D eigenvalue weighted by atomic mass is 9.84. The molecule has 1 aliphatic carbocycles. The van der Waals surface area contributed by atoms with Crippen molar-refractivity contribution >= 4 is 11.6 Å². The maximum Gasteiger partial charge on any atom is 0.241 e. The van der Waals surface area contributed by atoms with E-state index >= 15 is 0 Å². The molecule has 1 aromatic carbocycles. The predicted molar refractivity (Wildman–Crippen MR) is 93.9 cm³/mol. The molecule has 2 aromatic rings. The highest BCUT2D eigenvalue weighted by Gasteiger charge is 2.45. The molecule has 1 fully saturated rings.